The molecule has 0 aliphatic heterocycles. The Morgan fingerprint density at radius 3 is 2.43 bits per heavy atom. The van der Waals surface area contributed by atoms with E-state index in [1.165, 1.54) is 7.11 Å². The molecule has 0 bridgehead atoms. The Morgan fingerprint density at radius 2 is 1.93 bits per heavy atom. The SMILES string of the molecule is COC(=O)c1nc(C)c(C=O)nc1C. The molecule has 1 rings (SSSR count). The second-order valence-corrected chi connectivity index (χ2v) is 2.74. The summed E-state index contributed by atoms with van der Waals surface area (Å²) in [6.45, 7) is 3.22. The van der Waals surface area contributed by atoms with Crippen molar-refractivity contribution >= 4 is 12.3 Å². The molecule has 0 atom stereocenters. The van der Waals surface area contributed by atoms with E-state index < -0.39 is 5.97 Å². The van der Waals surface area contributed by atoms with E-state index in [0.29, 0.717) is 17.7 Å². The van der Waals surface area contributed by atoms with Crippen LogP contribution in [-0.4, -0.2) is 29.3 Å². The largest absolute Gasteiger partial charge is 0.464 e. The van der Waals surface area contributed by atoms with E-state index in [0.717, 1.165) is 0 Å². The second kappa shape index (κ2) is 3.95. The number of esters is 1. The minimum Gasteiger partial charge on any atom is -0.464 e. The van der Waals surface area contributed by atoms with E-state index in [1.54, 1.807) is 13.8 Å². The van der Waals surface area contributed by atoms with Gasteiger partial charge in [0.25, 0.3) is 0 Å². The molecule has 14 heavy (non-hydrogen) atoms. The van der Waals surface area contributed by atoms with E-state index >= 15 is 0 Å². The van der Waals surface area contributed by atoms with Crippen molar-refractivity contribution in [1.82, 2.24) is 9.97 Å². The maximum Gasteiger partial charge on any atom is 0.358 e. The Hall–Kier alpha value is -1.78. The first-order valence-corrected chi connectivity index (χ1v) is 3.99. The first kappa shape index (κ1) is 10.3. The third-order valence-electron chi connectivity index (χ3n) is 1.77. The quantitative estimate of drug-likeness (QED) is 0.511. The summed E-state index contributed by atoms with van der Waals surface area (Å²) < 4.78 is 4.52. The summed E-state index contributed by atoms with van der Waals surface area (Å²) in [4.78, 5) is 29.6. The van der Waals surface area contributed by atoms with Gasteiger partial charge in [-0.2, -0.15) is 0 Å². The summed E-state index contributed by atoms with van der Waals surface area (Å²) in [7, 11) is 1.27. The van der Waals surface area contributed by atoms with Gasteiger partial charge in [0, 0.05) is 0 Å². The van der Waals surface area contributed by atoms with Gasteiger partial charge < -0.3 is 4.74 Å². The van der Waals surface area contributed by atoms with Crippen LogP contribution in [0.5, 0.6) is 0 Å². The lowest BCUT2D eigenvalue weighted by atomic mass is 10.2. The Balaban J connectivity index is 3.28. The maximum absolute atomic E-state index is 11.2. The number of ether oxygens (including phenoxy) is 1. The van der Waals surface area contributed by atoms with Gasteiger partial charge in [0.2, 0.25) is 0 Å². The molecule has 1 aromatic heterocycles. The van der Waals surface area contributed by atoms with Crippen LogP contribution in [0, 0.1) is 13.8 Å². The number of aryl methyl sites for hydroxylation is 2. The van der Waals surface area contributed by atoms with Crippen molar-refractivity contribution in [3.05, 3.63) is 22.8 Å². The molecule has 74 valence electrons. The van der Waals surface area contributed by atoms with Crippen LogP contribution in [0.25, 0.3) is 0 Å². The number of hydrogen-bond acceptors (Lipinski definition) is 5. The molecule has 0 aliphatic carbocycles. The number of carbonyl (C=O) groups excluding carboxylic acids is 2. The van der Waals surface area contributed by atoms with Crippen molar-refractivity contribution in [3.8, 4) is 0 Å². The van der Waals surface area contributed by atoms with E-state index in [-0.39, 0.29) is 11.4 Å². The highest BCUT2D eigenvalue weighted by molar-refractivity contribution is 5.88. The molecule has 0 radical (unpaired) electrons. The summed E-state index contributed by atoms with van der Waals surface area (Å²) in [6.07, 6.45) is 0.608. The molecule has 5 heteroatoms. The molecule has 0 aliphatic rings. The van der Waals surface area contributed by atoms with Crippen molar-refractivity contribution in [2.45, 2.75) is 13.8 Å². The minimum absolute atomic E-state index is 0.149. The monoisotopic (exact) mass is 194 g/mol. The number of aromatic nitrogens is 2. The first-order chi connectivity index (χ1) is 6.60. The van der Waals surface area contributed by atoms with Crippen LogP contribution in [0.1, 0.15) is 32.4 Å². The molecule has 0 fully saturated rings. The van der Waals surface area contributed by atoms with Gasteiger partial charge >= 0.3 is 5.97 Å². The molecule has 5 nitrogen and oxygen atoms in total. The number of hydrogen-bond donors (Lipinski definition) is 0. The summed E-state index contributed by atoms with van der Waals surface area (Å²) in [5.74, 6) is -0.546. The minimum atomic E-state index is -0.546. The van der Waals surface area contributed by atoms with Gasteiger partial charge in [-0.1, -0.05) is 0 Å². The summed E-state index contributed by atoms with van der Waals surface area (Å²) in [5.41, 5.74) is 1.21. The zero-order valence-corrected chi connectivity index (χ0v) is 8.20. The topological polar surface area (TPSA) is 69.2 Å². The molecule has 0 N–H and O–H groups in total. The van der Waals surface area contributed by atoms with E-state index in [9.17, 15) is 9.59 Å². The Kier molecular flexibility index (Phi) is 2.91. The Labute approximate surface area is 81.1 Å². The lowest BCUT2D eigenvalue weighted by Gasteiger charge is -2.04. The van der Waals surface area contributed by atoms with Gasteiger partial charge in [-0.15, -0.1) is 0 Å². The number of rotatable bonds is 2. The summed E-state index contributed by atoms with van der Waals surface area (Å²) >= 11 is 0. The van der Waals surface area contributed by atoms with Crippen molar-refractivity contribution in [2.75, 3.05) is 7.11 Å². The van der Waals surface area contributed by atoms with E-state index in [2.05, 4.69) is 14.7 Å². The Morgan fingerprint density at radius 1 is 1.29 bits per heavy atom. The molecule has 0 saturated carbocycles. The fourth-order valence-electron chi connectivity index (χ4n) is 1.02. The van der Waals surface area contributed by atoms with Gasteiger partial charge in [0.05, 0.1) is 18.5 Å². The van der Waals surface area contributed by atoms with Crippen molar-refractivity contribution < 1.29 is 14.3 Å². The molecule has 0 aromatic carbocycles. The third-order valence-corrected chi connectivity index (χ3v) is 1.77. The average Bonchev–Trinajstić information content (AvgIpc) is 2.19. The highest BCUT2D eigenvalue weighted by atomic mass is 16.5. The summed E-state index contributed by atoms with van der Waals surface area (Å²) in [6, 6.07) is 0. The molecular formula is C9H10N2O3. The molecule has 0 unspecified atom stereocenters. The van der Waals surface area contributed by atoms with E-state index in [4.69, 9.17) is 0 Å². The lowest BCUT2D eigenvalue weighted by molar-refractivity contribution is 0.0591. The maximum atomic E-state index is 11.2. The predicted molar refractivity (Wildman–Crippen MR) is 48.2 cm³/mol. The Bertz CT molecular complexity index is 388. The average molecular weight is 194 g/mol. The van der Waals surface area contributed by atoms with Gasteiger partial charge in [-0.3, -0.25) is 4.79 Å². The fraction of sp³-hybridized carbons (Fsp3) is 0.333. The van der Waals surface area contributed by atoms with Crippen LogP contribution >= 0.6 is 0 Å². The zero-order chi connectivity index (χ0) is 10.7. The smallest absolute Gasteiger partial charge is 0.358 e. The molecule has 1 heterocycles. The highest BCUT2D eigenvalue weighted by Crippen LogP contribution is 2.07. The molecule has 0 spiro atoms. The highest BCUT2D eigenvalue weighted by Gasteiger charge is 2.14. The van der Waals surface area contributed by atoms with Gasteiger partial charge in [0.1, 0.15) is 5.69 Å². The van der Waals surface area contributed by atoms with Gasteiger partial charge in [-0.25, -0.2) is 14.8 Å². The zero-order valence-electron chi connectivity index (χ0n) is 8.20. The third kappa shape index (κ3) is 1.76. The first-order valence-electron chi connectivity index (χ1n) is 3.99. The number of aldehydes is 1. The predicted octanol–water partition coefficient (Wildman–Crippen LogP) is 0.693. The lowest BCUT2D eigenvalue weighted by Crippen LogP contribution is -2.11. The number of methoxy groups -OCH3 is 1. The molecule has 0 saturated heterocycles. The second-order valence-electron chi connectivity index (χ2n) is 2.74. The van der Waals surface area contributed by atoms with Gasteiger partial charge in [0.15, 0.2) is 12.0 Å². The van der Waals surface area contributed by atoms with Crippen molar-refractivity contribution in [1.29, 1.82) is 0 Å². The number of nitrogens with zero attached hydrogens (tertiary/aromatic N) is 2. The molecule has 0 amide bonds. The fourth-order valence-corrected chi connectivity index (χ4v) is 1.02. The normalized spacial score (nSPS) is 9.64. The van der Waals surface area contributed by atoms with Gasteiger partial charge in [-0.05, 0) is 13.8 Å². The van der Waals surface area contributed by atoms with Crippen LogP contribution in [0.15, 0.2) is 0 Å². The van der Waals surface area contributed by atoms with Crippen LogP contribution < -0.4 is 0 Å². The number of carbonyl (C=O) groups is 2. The van der Waals surface area contributed by atoms with E-state index in [1.807, 2.05) is 0 Å². The van der Waals surface area contributed by atoms with Crippen LogP contribution in [0.4, 0.5) is 0 Å². The molecular weight excluding hydrogens is 184 g/mol. The van der Waals surface area contributed by atoms with Crippen LogP contribution in [0.3, 0.4) is 0 Å². The summed E-state index contributed by atoms with van der Waals surface area (Å²) in [5, 5.41) is 0. The molecule has 1 aromatic rings. The van der Waals surface area contributed by atoms with Crippen LogP contribution in [0.2, 0.25) is 0 Å². The van der Waals surface area contributed by atoms with Crippen molar-refractivity contribution in [2.24, 2.45) is 0 Å². The van der Waals surface area contributed by atoms with Crippen molar-refractivity contribution in [3.63, 3.8) is 0 Å². The standard InChI is InChI=1S/C9H10N2O3/c1-5-7(4-12)10-6(2)8(11-5)9(13)14-3/h4H,1-3H3. The van der Waals surface area contributed by atoms with Crippen LogP contribution in [-0.2, 0) is 4.74 Å².